The molecule has 1 N–H and O–H groups in total. The summed E-state index contributed by atoms with van der Waals surface area (Å²) in [6, 6.07) is 11.5. The van der Waals surface area contributed by atoms with E-state index >= 15 is 0 Å². The van der Waals surface area contributed by atoms with Gasteiger partial charge < -0.3 is 15.0 Å². The molecule has 1 aliphatic heterocycles. The van der Waals surface area contributed by atoms with Crippen LogP contribution in [-0.2, 0) is 4.74 Å². The van der Waals surface area contributed by atoms with Gasteiger partial charge in [0.25, 0.3) is 5.91 Å². The van der Waals surface area contributed by atoms with E-state index in [1.54, 1.807) is 19.5 Å². The molecule has 0 unspecified atom stereocenters. The molecule has 1 saturated heterocycles. The van der Waals surface area contributed by atoms with Crippen LogP contribution in [0.4, 0.5) is 5.82 Å². The number of rotatable bonds is 6. The van der Waals surface area contributed by atoms with Gasteiger partial charge in [0, 0.05) is 48.6 Å². The highest BCUT2D eigenvalue weighted by Crippen LogP contribution is 2.30. The summed E-state index contributed by atoms with van der Waals surface area (Å²) in [7, 11) is 1.74. The lowest BCUT2D eigenvalue weighted by Gasteiger charge is -2.32. The van der Waals surface area contributed by atoms with Crippen molar-refractivity contribution in [3.8, 4) is 0 Å². The van der Waals surface area contributed by atoms with Crippen LogP contribution in [0.3, 0.4) is 0 Å². The molecule has 6 nitrogen and oxygen atoms in total. The molecule has 2 aromatic heterocycles. The number of hydrogen-bond acceptors (Lipinski definition) is 5. The number of amides is 1. The van der Waals surface area contributed by atoms with Crippen LogP contribution in [0.1, 0.15) is 40.4 Å². The number of carbonyl (C=O) groups excluding carboxylic acids is 1. The lowest BCUT2D eigenvalue weighted by Crippen LogP contribution is -2.35. The van der Waals surface area contributed by atoms with E-state index in [1.807, 2.05) is 30.3 Å². The van der Waals surface area contributed by atoms with Crippen molar-refractivity contribution in [2.45, 2.75) is 25.7 Å². The number of fused-ring (bicyclic) bond motifs is 1. The van der Waals surface area contributed by atoms with Crippen molar-refractivity contribution in [3.05, 3.63) is 65.6 Å². The number of pyridine rings is 2. The average Bonchev–Trinajstić information content (AvgIpc) is 2.79. The third-order valence-electron chi connectivity index (χ3n) is 5.87. The molecule has 1 aromatic carbocycles. The number of carbonyl (C=O) groups is 1. The van der Waals surface area contributed by atoms with Gasteiger partial charge in [0.2, 0.25) is 0 Å². The van der Waals surface area contributed by atoms with Crippen LogP contribution in [0.25, 0.3) is 10.8 Å². The number of likely N-dealkylation sites (tertiary alicyclic amines) is 1. The first-order valence-corrected chi connectivity index (χ1v) is 10.5. The molecule has 0 saturated carbocycles. The Labute approximate surface area is 177 Å². The zero-order valence-corrected chi connectivity index (χ0v) is 17.6. The topological polar surface area (TPSA) is 67.3 Å². The first kappa shape index (κ1) is 20.4. The second kappa shape index (κ2) is 9.32. The molecule has 0 radical (unpaired) electrons. The molecule has 3 aromatic rings. The third kappa shape index (κ3) is 4.66. The molecule has 4 rings (SSSR count). The molecule has 1 aliphatic rings. The number of ether oxygens (including phenoxy) is 1. The zero-order chi connectivity index (χ0) is 20.9. The van der Waals surface area contributed by atoms with Crippen molar-refractivity contribution >= 4 is 22.5 Å². The SMILES string of the molecule is COCCN1CCC(c2nc(NC(=O)c3ccc4cnccc4c3)ccc2C)CC1. The van der Waals surface area contributed by atoms with Crippen LogP contribution < -0.4 is 5.32 Å². The van der Waals surface area contributed by atoms with Gasteiger partial charge in [-0.15, -0.1) is 0 Å². The molecule has 0 aliphatic carbocycles. The summed E-state index contributed by atoms with van der Waals surface area (Å²) in [5.41, 5.74) is 2.90. The molecule has 6 heteroatoms. The van der Waals surface area contributed by atoms with E-state index in [9.17, 15) is 4.79 Å². The highest BCUT2D eigenvalue weighted by Gasteiger charge is 2.23. The Bertz CT molecular complexity index is 1030. The summed E-state index contributed by atoms with van der Waals surface area (Å²) in [4.78, 5) is 24.2. The molecule has 0 bridgehead atoms. The number of nitrogens with one attached hydrogen (secondary N) is 1. The first-order chi connectivity index (χ1) is 14.6. The number of aromatic nitrogens is 2. The first-order valence-electron chi connectivity index (χ1n) is 10.5. The number of methoxy groups -OCH3 is 1. The van der Waals surface area contributed by atoms with E-state index < -0.39 is 0 Å². The average molecular weight is 405 g/mol. The number of benzene rings is 1. The van der Waals surface area contributed by atoms with Crippen LogP contribution in [0.15, 0.2) is 48.8 Å². The zero-order valence-electron chi connectivity index (χ0n) is 17.6. The van der Waals surface area contributed by atoms with Gasteiger partial charge >= 0.3 is 0 Å². The van der Waals surface area contributed by atoms with E-state index in [1.165, 1.54) is 5.56 Å². The van der Waals surface area contributed by atoms with Gasteiger partial charge in [-0.3, -0.25) is 9.78 Å². The Hall–Kier alpha value is -2.83. The molecule has 156 valence electrons. The highest BCUT2D eigenvalue weighted by molar-refractivity contribution is 6.06. The number of nitrogens with zero attached hydrogens (tertiary/aromatic N) is 3. The predicted octanol–water partition coefficient (Wildman–Crippen LogP) is 4.02. The minimum atomic E-state index is -0.148. The van der Waals surface area contributed by atoms with Crippen molar-refractivity contribution in [3.63, 3.8) is 0 Å². The maximum absolute atomic E-state index is 12.8. The molecule has 0 atom stereocenters. The maximum atomic E-state index is 12.8. The number of anilines is 1. The second-order valence-electron chi connectivity index (χ2n) is 7.90. The fourth-order valence-corrected chi connectivity index (χ4v) is 4.09. The minimum absolute atomic E-state index is 0.148. The Morgan fingerprint density at radius 3 is 2.80 bits per heavy atom. The Morgan fingerprint density at radius 2 is 2.00 bits per heavy atom. The largest absolute Gasteiger partial charge is 0.383 e. The summed E-state index contributed by atoms with van der Waals surface area (Å²) in [6.45, 7) is 5.96. The standard InChI is InChI=1S/C24H28N4O2/c1-17-3-6-22(26-23(17)18-8-11-28(12-9-18)13-14-30-2)27-24(29)20-4-5-21-16-25-10-7-19(21)15-20/h3-7,10,15-16,18H,8-9,11-14H2,1-2H3,(H,26,27,29). The molecular formula is C24H28N4O2. The molecule has 1 fully saturated rings. The van der Waals surface area contributed by atoms with Gasteiger partial charge in [-0.25, -0.2) is 4.98 Å². The maximum Gasteiger partial charge on any atom is 0.256 e. The predicted molar refractivity (Wildman–Crippen MR) is 119 cm³/mol. The smallest absolute Gasteiger partial charge is 0.256 e. The van der Waals surface area contributed by atoms with Gasteiger partial charge in [-0.1, -0.05) is 12.1 Å². The van der Waals surface area contributed by atoms with E-state index in [0.717, 1.165) is 55.5 Å². The van der Waals surface area contributed by atoms with E-state index in [-0.39, 0.29) is 5.91 Å². The number of hydrogen-bond donors (Lipinski definition) is 1. The van der Waals surface area contributed by atoms with Crippen LogP contribution in [-0.4, -0.2) is 54.1 Å². The van der Waals surface area contributed by atoms with Crippen LogP contribution >= 0.6 is 0 Å². The lowest BCUT2D eigenvalue weighted by atomic mass is 9.90. The molecular weight excluding hydrogens is 376 g/mol. The van der Waals surface area contributed by atoms with Gasteiger partial charge in [0.05, 0.1) is 6.61 Å². The minimum Gasteiger partial charge on any atom is -0.383 e. The van der Waals surface area contributed by atoms with Crippen molar-refractivity contribution in [1.29, 1.82) is 0 Å². The van der Waals surface area contributed by atoms with Gasteiger partial charge in [0.15, 0.2) is 0 Å². The lowest BCUT2D eigenvalue weighted by molar-refractivity contribution is 0.102. The second-order valence-corrected chi connectivity index (χ2v) is 7.90. The Morgan fingerprint density at radius 1 is 1.17 bits per heavy atom. The van der Waals surface area contributed by atoms with E-state index in [2.05, 4.69) is 28.2 Å². The van der Waals surface area contributed by atoms with Gasteiger partial charge in [-0.2, -0.15) is 0 Å². The van der Waals surface area contributed by atoms with E-state index in [4.69, 9.17) is 9.72 Å². The Kier molecular flexibility index (Phi) is 6.35. The summed E-state index contributed by atoms with van der Waals surface area (Å²) < 4.78 is 5.19. The van der Waals surface area contributed by atoms with Crippen molar-refractivity contribution < 1.29 is 9.53 Å². The molecule has 1 amide bonds. The molecule has 3 heterocycles. The van der Waals surface area contributed by atoms with Crippen molar-refractivity contribution in [2.24, 2.45) is 0 Å². The van der Waals surface area contributed by atoms with Crippen molar-refractivity contribution in [1.82, 2.24) is 14.9 Å². The van der Waals surface area contributed by atoms with Crippen LogP contribution in [0.2, 0.25) is 0 Å². The van der Waals surface area contributed by atoms with E-state index in [0.29, 0.717) is 17.3 Å². The molecule has 0 spiro atoms. The van der Waals surface area contributed by atoms with Crippen LogP contribution in [0, 0.1) is 6.92 Å². The number of piperidine rings is 1. The summed E-state index contributed by atoms with van der Waals surface area (Å²) in [6.07, 6.45) is 5.69. The van der Waals surface area contributed by atoms with Crippen molar-refractivity contribution in [2.75, 3.05) is 38.7 Å². The summed E-state index contributed by atoms with van der Waals surface area (Å²) in [5, 5.41) is 4.98. The fraction of sp³-hybridized carbons (Fsp3) is 0.375. The number of aryl methyl sites for hydroxylation is 1. The van der Waals surface area contributed by atoms with Crippen LogP contribution in [0.5, 0.6) is 0 Å². The van der Waals surface area contributed by atoms with Gasteiger partial charge in [-0.05, 0) is 68.1 Å². The molecule has 30 heavy (non-hydrogen) atoms. The summed E-state index contributed by atoms with van der Waals surface area (Å²) in [5.74, 6) is 0.886. The monoisotopic (exact) mass is 404 g/mol. The highest BCUT2D eigenvalue weighted by atomic mass is 16.5. The summed E-state index contributed by atoms with van der Waals surface area (Å²) >= 11 is 0. The third-order valence-corrected chi connectivity index (χ3v) is 5.87. The Balaban J connectivity index is 1.45. The van der Waals surface area contributed by atoms with Gasteiger partial charge in [0.1, 0.15) is 5.82 Å². The quantitative estimate of drug-likeness (QED) is 0.672. The normalized spacial score (nSPS) is 15.4. The fourth-order valence-electron chi connectivity index (χ4n) is 4.09.